The minimum atomic E-state index is -0.632. The summed E-state index contributed by atoms with van der Waals surface area (Å²) in [6.07, 6.45) is 5.85. The molecule has 0 saturated heterocycles. The Morgan fingerprint density at radius 1 is 1.05 bits per heavy atom. The number of hydrogen-bond acceptors (Lipinski definition) is 3. The van der Waals surface area contributed by atoms with Gasteiger partial charge in [-0.05, 0) is 69.7 Å². The first-order valence-electron chi connectivity index (χ1n) is 12.7. The zero-order valence-electron chi connectivity index (χ0n) is 20.8. The number of nitrogens with one attached hydrogen (secondary N) is 1. The van der Waals surface area contributed by atoms with Crippen LogP contribution < -0.4 is 10.1 Å². The molecule has 196 valence electrons. The fourth-order valence-electron chi connectivity index (χ4n) is 4.85. The summed E-state index contributed by atoms with van der Waals surface area (Å²) in [7, 11) is 0. The molecule has 0 bridgehead atoms. The van der Waals surface area contributed by atoms with Gasteiger partial charge in [0.25, 0.3) is 5.91 Å². The van der Waals surface area contributed by atoms with Crippen molar-refractivity contribution in [3.05, 3.63) is 74.7 Å². The van der Waals surface area contributed by atoms with E-state index in [1.807, 2.05) is 49.4 Å². The fraction of sp³-hybridized carbons (Fsp3) is 0.379. The lowest BCUT2D eigenvalue weighted by Crippen LogP contribution is -2.52. The van der Waals surface area contributed by atoms with Crippen LogP contribution in [0.3, 0.4) is 0 Å². The third-order valence-corrected chi connectivity index (χ3v) is 8.41. The Morgan fingerprint density at radius 3 is 2.54 bits per heavy atom. The van der Waals surface area contributed by atoms with Crippen molar-refractivity contribution < 1.29 is 14.3 Å². The third-order valence-electron chi connectivity index (χ3n) is 6.85. The molecule has 1 aliphatic carbocycles. The number of carbonyl (C=O) groups excluding carboxylic acids is 2. The van der Waals surface area contributed by atoms with E-state index >= 15 is 0 Å². The van der Waals surface area contributed by atoms with Crippen molar-refractivity contribution in [3.63, 3.8) is 0 Å². The first-order chi connectivity index (χ1) is 17.9. The quantitative estimate of drug-likeness (QED) is 0.274. The minimum absolute atomic E-state index is 0.130. The predicted molar refractivity (Wildman–Crippen MR) is 153 cm³/mol. The molecule has 37 heavy (non-hydrogen) atoms. The van der Waals surface area contributed by atoms with Crippen molar-refractivity contribution in [1.82, 2.24) is 10.2 Å². The van der Waals surface area contributed by atoms with E-state index in [4.69, 9.17) is 27.9 Å². The maximum Gasteiger partial charge on any atom is 0.261 e. The number of nitrogens with zero attached hydrogens (tertiary/aromatic N) is 1. The van der Waals surface area contributed by atoms with Crippen LogP contribution in [0.25, 0.3) is 10.8 Å². The summed E-state index contributed by atoms with van der Waals surface area (Å²) in [4.78, 5) is 28.6. The van der Waals surface area contributed by atoms with Crippen molar-refractivity contribution in [2.24, 2.45) is 0 Å². The van der Waals surface area contributed by atoms with Crippen molar-refractivity contribution in [1.29, 1.82) is 0 Å². The molecule has 3 aromatic carbocycles. The molecular weight excluding hydrogens is 575 g/mol. The number of fused-ring (bicyclic) bond motifs is 1. The lowest BCUT2D eigenvalue weighted by atomic mass is 9.95. The highest BCUT2D eigenvalue weighted by Gasteiger charge is 2.31. The summed E-state index contributed by atoms with van der Waals surface area (Å²) in [5.41, 5.74) is 0.790. The Balaban J connectivity index is 1.54. The van der Waals surface area contributed by atoms with Crippen molar-refractivity contribution in [3.8, 4) is 5.75 Å². The van der Waals surface area contributed by atoms with Gasteiger partial charge in [0.1, 0.15) is 11.8 Å². The third kappa shape index (κ3) is 6.98. The number of benzene rings is 3. The molecule has 1 aliphatic rings. The van der Waals surface area contributed by atoms with Crippen molar-refractivity contribution >= 4 is 61.7 Å². The minimum Gasteiger partial charge on any atom is -0.483 e. The van der Waals surface area contributed by atoms with Crippen LogP contribution in [0, 0.1) is 0 Å². The molecule has 0 aromatic heterocycles. The van der Waals surface area contributed by atoms with Gasteiger partial charge in [0, 0.05) is 12.6 Å². The van der Waals surface area contributed by atoms with Gasteiger partial charge in [0.15, 0.2) is 6.61 Å². The molecule has 1 fully saturated rings. The number of carbonyl (C=O) groups is 2. The maximum absolute atomic E-state index is 13.6. The first-order valence-corrected chi connectivity index (χ1v) is 14.3. The fourth-order valence-corrected chi connectivity index (χ4v) is 5.77. The van der Waals surface area contributed by atoms with Gasteiger partial charge in [-0.25, -0.2) is 0 Å². The van der Waals surface area contributed by atoms with Crippen LogP contribution in [0.2, 0.25) is 10.0 Å². The van der Waals surface area contributed by atoms with Gasteiger partial charge in [0.2, 0.25) is 5.91 Å². The summed E-state index contributed by atoms with van der Waals surface area (Å²) < 4.78 is 6.76. The monoisotopic (exact) mass is 604 g/mol. The number of hydrogen-bond donors (Lipinski definition) is 1. The second-order valence-corrected chi connectivity index (χ2v) is 11.0. The molecule has 0 aliphatic heterocycles. The van der Waals surface area contributed by atoms with Crippen LogP contribution >= 0.6 is 39.1 Å². The van der Waals surface area contributed by atoms with Crippen molar-refractivity contribution in [2.45, 2.75) is 64.1 Å². The van der Waals surface area contributed by atoms with E-state index in [2.05, 4.69) is 21.2 Å². The molecule has 8 heteroatoms. The van der Waals surface area contributed by atoms with E-state index in [0.29, 0.717) is 22.2 Å². The highest BCUT2D eigenvalue weighted by atomic mass is 79.9. The van der Waals surface area contributed by atoms with Crippen molar-refractivity contribution in [2.75, 3.05) is 6.61 Å². The zero-order valence-corrected chi connectivity index (χ0v) is 23.9. The lowest BCUT2D eigenvalue weighted by molar-refractivity contribution is -0.143. The SMILES string of the molecule is CC[C@@H](C(=O)NC1CCCCC1)N(Cc1ccc(Cl)c(Cl)c1)C(=O)COc1ccc2ccccc2c1Br. The molecule has 4 rings (SSSR count). The average Bonchev–Trinajstić information content (AvgIpc) is 2.90. The highest BCUT2D eigenvalue weighted by Crippen LogP contribution is 2.33. The molecule has 0 spiro atoms. The largest absolute Gasteiger partial charge is 0.483 e. The molecule has 1 N–H and O–H groups in total. The Hall–Kier alpha value is -2.28. The Bertz CT molecular complexity index is 1260. The molecule has 5 nitrogen and oxygen atoms in total. The molecule has 0 radical (unpaired) electrons. The smallest absolute Gasteiger partial charge is 0.261 e. The predicted octanol–water partition coefficient (Wildman–Crippen LogP) is 7.54. The van der Waals surface area contributed by atoms with Crippen LogP contribution in [0.1, 0.15) is 51.0 Å². The maximum atomic E-state index is 13.6. The average molecular weight is 606 g/mol. The van der Waals surface area contributed by atoms with E-state index in [9.17, 15) is 9.59 Å². The highest BCUT2D eigenvalue weighted by molar-refractivity contribution is 9.10. The van der Waals surface area contributed by atoms with Gasteiger partial charge in [0.05, 0.1) is 14.5 Å². The summed E-state index contributed by atoms with van der Waals surface area (Å²) in [6, 6.07) is 16.5. The number of rotatable bonds is 9. The van der Waals surface area contributed by atoms with E-state index in [1.54, 1.807) is 17.0 Å². The summed E-state index contributed by atoms with van der Waals surface area (Å²) in [6.45, 7) is 1.93. The standard InChI is InChI=1S/C29H31BrCl2N2O3/c1-2-25(29(36)33-21-9-4-3-5-10-21)34(17-19-12-14-23(31)24(32)16-19)27(35)18-37-26-15-13-20-8-6-7-11-22(20)28(26)30/h6-8,11-16,21,25H,2-5,9-10,17-18H2,1H3,(H,33,36)/t25-/m0/s1. The molecule has 2 amide bonds. The van der Waals surface area contributed by atoms with Gasteiger partial charge in [-0.3, -0.25) is 9.59 Å². The lowest BCUT2D eigenvalue weighted by Gasteiger charge is -2.32. The topological polar surface area (TPSA) is 58.6 Å². The van der Waals surface area contributed by atoms with E-state index in [-0.39, 0.29) is 31.0 Å². The Kier molecular flexibility index (Phi) is 9.74. The Morgan fingerprint density at radius 2 is 1.81 bits per heavy atom. The van der Waals surface area contributed by atoms with Crippen LogP contribution in [0.5, 0.6) is 5.75 Å². The van der Waals surface area contributed by atoms with Gasteiger partial charge in [-0.15, -0.1) is 0 Å². The number of ether oxygens (including phenoxy) is 1. The van der Waals surface area contributed by atoms with E-state index in [0.717, 1.165) is 46.5 Å². The van der Waals surface area contributed by atoms with E-state index < -0.39 is 6.04 Å². The second kappa shape index (κ2) is 13.0. The normalized spacial score (nSPS) is 14.8. The molecule has 1 saturated carbocycles. The van der Waals surface area contributed by atoms with Crippen LogP contribution in [-0.2, 0) is 16.1 Å². The van der Waals surface area contributed by atoms with E-state index in [1.165, 1.54) is 6.42 Å². The summed E-state index contributed by atoms with van der Waals surface area (Å²) in [5, 5.41) is 6.10. The molecular formula is C29H31BrCl2N2O3. The number of amides is 2. The Labute approximate surface area is 236 Å². The zero-order chi connectivity index (χ0) is 26.4. The molecule has 1 atom stereocenters. The summed E-state index contributed by atoms with van der Waals surface area (Å²) in [5.74, 6) is 0.160. The van der Waals surface area contributed by atoms with Gasteiger partial charge >= 0.3 is 0 Å². The first kappa shape index (κ1) is 27.7. The van der Waals surface area contributed by atoms with Gasteiger partial charge in [-0.2, -0.15) is 0 Å². The van der Waals surface area contributed by atoms with Crippen LogP contribution in [-0.4, -0.2) is 35.4 Å². The molecule has 0 unspecified atom stereocenters. The second-order valence-electron chi connectivity index (χ2n) is 9.43. The van der Waals surface area contributed by atoms with Crippen LogP contribution in [0.4, 0.5) is 0 Å². The molecule has 3 aromatic rings. The number of halogens is 3. The molecule has 0 heterocycles. The van der Waals surface area contributed by atoms with Gasteiger partial charge < -0.3 is 15.0 Å². The van der Waals surface area contributed by atoms with Gasteiger partial charge in [-0.1, -0.05) is 85.8 Å². The van der Waals surface area contributed by atoms with Crippen LogP contribution in [0.15, 0.2) is 59.1 Å². The summed E-state index contributed by atoms with van der Waals surface area (Å²) >= 11 is 16.0.